The molecule has 0 amide bonds. The fraction of sp³-hybridized carbons (Fsp3) is 0.200. The summed E-state index contributed by atoms with van der Waals surface area (Å²) in [6.07, 6.45) is 7.01. The molecule has 0 atom stereocenters. The minimum Gasteiger partial charge on any atom is -0.344 e. The Bertz CT molecular complexity index is 1710. The van der Waals surface area contributed by atoms with Crippen molar-refractivity contribution in [3.05, 3.63) is 129 Å². The second-order valence-electron chi connectivity index (χ2n) is 9.43. The first kappa shape index (κ1) is 43.0. The van der Waals surface area contributed by atoms with Gasteiger partial charge in [-0.2, -0.15) is 12.8 Å². The van der Waals surface area contributed by atoms with Crippen molar-refractivity contribution in [1.82, 2.24) is 18.8 Å². The van der Waals surface area contributed by atoms with Crippen LogP contribution >= 0.6 is 66.1 Å². The Morgan fingerprint density at radius 2 is 1.17 bits per heavy atom. The predicted molar refractivity (Wildman–Crippen MR) is 203 cm³/mol. The number of nitrogens with zero attached hydrogens (tertiary/aromatic N) is 4. The molecule has 4 heterocycles. The predicted octanol–water partition coefficient (Wildman–Crippen LogP) is 11.0. The van der Waals surface area contributed by atoms with E-state index in [2.05, 4.69) is 94.2 Å². The van der Waals surface area contributed by atoms with E-state index in [1.54, 1.807) is 0 Å². The van der Waals surface area contributed by atoms with Gasteiger partial charge in [-0.3, -0.25) is 4.43 Å². The number of aromatic nitrogens is 4. The van der Waals surface area contributed by atoms with Crippen LogP contribution in [0.3, 0.4) is 0 Å². The molecule has 0 aliphatic carbocycles. The second-order valence-corrected chi connectivity index (χ2v) is 12.4. The van der Waals surface area contributed by atoms with E-state index in [1.807, 2.05) is 96.5 Å². The first-order valence-electron chi connectivity index (χ1n) is 14.3. The molecule has 46 heavy (non-hydrogen) atoms. The molecule has 11 heteroatoms. The fourth-order valence-corrected chi connectivity index (χ4v) is 5.20. The third-order valence-electron chi connectivity index (χ3n) is 6.13. The van der Waals surface area contributed by atoms with Crippen LogP contribution in [0, 0.1) is 11.4 Å². The standard InChI is InChI=1S/C15H14BrN3.C14H10BrClN2.C3H6I.C3H7.2V/c16-12-7-9-19-13(6-8-17)15(18-14(19)10-12)11-4-2-1-3-5-11;15-11-6-7-18-12(9-16)14(17-13(18)8-11)10-4-2-1-3-5-10;1-2-3-4;1-3-2;;/h1-5,7,9-10H,6,8,17H2;1-8H,9H2;3H,2H2,1H3;1,3H2,2H3;;/q;;2*-1;;. The molecule has 0 spiro atoms. The smallest absolute Gasteiger partial charge is 0.138 e. The van der Waals surface area contributed by atoms with E-state index in [9.17, 15) is 0 Å². The summed E-state index contributed by atoms with van der Waals surface area (Å²) >= 11 is 15.2. The molecule has 0 saturated carbocycles. The number of pyridine rings is 2. The van der Waals surface area contributed by atoms with E-state index in [0.717, 1.165) is 67.0 Å². The fourth-order valence-electron chi connectivity index (χ4n) is 4.30. The third-order valence-corrected chi connectivity index (χ3v) is 8.25. The van der Waals surface area contributed by atoms with E-state index in [1.165, 1.54) is 6.42 Å². The number of nitrogens with two attached hydrogens (primary N) is 1. The minimum atomic E-state index is 0. The Hall–Kier alpha value is -1.07. The average molecular weight is 952 g/mol. The van der Waals surface area contributed by atoms with Crippen LogP contribution in [0.1, 0.15) is 38.1 Å². The summed E-state index contributed by atoms with van der Waals surface area (Å²) in [7, 11) is 0. The molecule has 2 N–H and O–H groups in total. The number of benzene rings is 2. The van der Waals surface area contributed by atoms with E-state index in [0.29, 0.717) is 12.4 Å². The van der Waals surface area contributed by atoms with Gasteiger partial charge in [0.15, 0.2) is 0 Å². The van der Waals surface area contributed by atoms with Crippen molar-refractivity contribution in [2.24, 2.45) is 5.73 Å². The minimum absolute atomic E-state index is 0. The SMILES string of the molecule is CC[CH-]I.ClCc1c(-c2ccccc2)nc2cc(Br)ccn12.NCCc1c(-c2ccccc2)nc2cc(Br)ccn12.[CH2-]CC.[V].[V]. The molecule has 0 fully saturated rings. The van der Waals surface area contributed by atoms with Crippen molar-refractivity contribution in [2.75, 3.05) is 6.54 Å². The largest absolute Gasteiger partial charge is 0.344 e. The summed E-state index contributed by atoms with van der Waals surface area (Å²) < 4.78 is 8.28. The molecule has 0 saturated heterocycles. The van der Waals surface area contributed by atoms with Crippen molar-refractivity contribution in [3.8, 4) is 22.5 Å². The Balaban J connectivity index is 0.000000370. The zero-order valence-corrected chi connectivity index (χ0v) is 34.7. The van der Waals surface area contributed by atoms with Gasteiger partial charge in [-0.25, -0.2) is 9.97 Å². The van der Waals surface area contributed by atoms with E-state index >= 15 is 0 Å². The Morgan fingerprint density at radius 3 is 1.54 bits per heavy atom. The van der Waals surface area contributed by atoms with Crippen LogP contribution in [0.5, 0.6) is 0 Å². The van der Waals surface area contributed by atoms with E-state index in [4.69, 9.17) is 22.3 Å². The van der Waals surface area contributed by atoms with Crippen LogP contribution in [0.4, 0.5) is 0 Å². The summed E-state index contributed by atoms with van der Waals surface area (Å²) in [6, 6.07) is 28.4. The van der Waals surface area contributed by atoms with Crippen molar-refractivity contribution in [3.63, 3.8) is 0 Å². The maximum atomic E-state index is 6.07. The van der Waals surface area contributed by atoms with Gasteiger partial charge in [-0.1, -0.05) is 106 Å². The van der Waals surface area contributed by atoms with Crippen LogP contribution in [0.25, 0.3) is 33.8 Å². The normalized spacial score (nSPS) is 9.91. The summed E-state index contributed by atoms with van der Waals surface area (Å²) in [4.78, 5) is 9.40. The Labute approximate surface area is 332 Å². The molecule has 4 aromatic heterocycles. The topological polar surface area (TPSA) is 60.6 Å². The number of alkyl halides is 1. The van der Waals surface area contributed by atoms with Crippen LogP contribution < -0.4 is 5.73 Å². The molecule has 0 aliphatic rings. The molecule has 0 bridgehead atoms. The third kappa shape index (κ3) is 12.1. The number of imidazole rings is 2. The number of fused-ring (bicyclic) bond motifs is 2. The first-order valence-corrected chi connectivity index (χ1v) is 17.7. The number of hydrogen-bond acceptors (Lipinski definition) is 3. The van der Waals surface area contributed by atoms with Gasteiger partial charge in [-0.05, 0) is 30.8 Å². The van der Waals surface area contributed by atoms with Crippen molar-refractivity contribution >= 4 is 77.3 Å². The molecule has 0 unspecified atom stereocenters. The molecule has 5 nitrogen and oxygen atoms in total. The van der Waals surface area contributed by atoms with Crippen molar-refractivity contribution in [2.45, 2.75) is 39.0 Å². The first-order chi connectivity index (χ1) is 21.4. The monoisotopic (exact) mass is 949 g/mol. The second kappa shape index (κ2) is 23.3. The van der Waals surface area contributed by atoms with Crippen molar-refractivity contribution < 1.29 is 37.1 Å². The molecular formula is C35H37Br2ClIN5V2-2. The molecule has 0 aliphatic heterocycles. The quantitative estimate of drug-likeness (QED) is 0.103. The van der Waals surface area contributed by atoms with Gasteiger partial charge in [0.25, 0.3) is 0 Å². The number of halogens is 4. The van der Waals surface area contributed by atoms with Gasteiger partial charge in [0, 0.05) is 76.0 Å². The van der Waals surface area contributed by atoms with Gasteiger partial charge in [0.1, 0.15) is 11.3 Å². The maximum absolute atomic E-state index is 6.07. The molecule has 2 radical (unpaired) electrons. The molecule has 6 rings (SSSR count). The zero-order chi connectivity index (χ0) is 31.9. The van der Waals surface area contributed by atoms with Crippen LogP contribution in [0.15, 0.2) is 106 Å². The van der Waals surface area contributed by atoms with Gasteiger partial charge in [-0.15, -0.1) is 11.6 Å². The molecule has 6 aromatic rings. The van der Waals surface area contributed by atoms with Gasteiger partial charge < -0.3 is 44.0 Å². The van der Waals surface area contributed by atoms with Crippen LogP contribution in [-0.2, 0) is 49.4 Å². The zero-order valence-electron chi connectivity index (χ0n) is 25.8. The summed E-state index contributed by atoms with van der Waals surface area (Å²) in [5, 5.41) is 0. The van der Waals surface area contributed by atoms with E-state index < -0.39 is 0 Å². The maximum Gasteiger partial charge on any atom is 0.138 e. The van der Waals surface area contributed by atoms with Crippen LogP contribution in [-0.4, -0.2) is 25.3 Å². The number of hydrogen-bond donors (Lipinski definition) is 1. The van der Waals surface area contributed by atoms with E-state index in [-0.39, 0.29) is 37.1 Å². The number of rotatable bonds is 6. The molecule has 242 valence electrons. The summed E-state index contributed by atoms with van der Waals surface area (Å²) in [5.74, 6) is 0.438. The van der Waals surface area contributed by atoms with Gasteiger partial charge in [0.2, 0.25) is 0 Å². The van der Waals surface area contributed by atoms with Gasteiger partial charge >= 0.3 is 0 Å². The average Bonchev–Trinajstić information content (AvgIpc) is 3.60. The van der Waals surface area contributed by atoms with Gasteiger partial charge in [0.05, 0.1) is 28.7 Å². The molecular weight excluding hydrogens is 914 g/mol. The Kier molecular flexibility index (Phi) is 21.8. The molecule has 2 aromatic carbocycles. The Morgan fingerprint density at radius 1 is 0.783 bits per heavy atom. The van der Waals surface area contributed by atoms with Crippen molar-refractivity contribution in [1.29, 1.82) is 0 Å². The summed E-state index contributed by atoms with van der Waals surface area (Å²) in [6.45, 7) is 8.23. The summed E-state index contributed by atoms with van der Waals surface area (Å²) in [5.41, 5.74) is 13.9. The van der Waals surface area contributed by atoms with Crippen LogP contribution in [0.2, 0.25) is 0 Å².